The van der Waals surface area contributed by atoms with E-state index < -0.39 is 23.9 Å². The number of halogens is 2. The Morgan fingerprint density at radius 1 is 1.00 bits per heavy atom. The number of piperidine rings is 1. The van der Waals surface area contributed by atoms with Crippen LogP contribution in [0.3, 0.4) is 0 Å². The highest BCUT2D eigenvalue weighted by molar-refractivity contribution is 6.32. The summed E-state index contributed by atoms with van der Waals surface area (Å²) in [6.45, 7) is 2.44. The number of aliphatic hydroxyl groups is 1. The normalized spacial score (nSPS) is 14.8. The summed E-state index contributed by atoms with van der Waals surface area (Å²) in [6, 6.07) is 17.6. The molecular formula is C29H26Cl2N4O4. The van der Waals surface area contributed by atoms with Crippen LogP contribution in [0.25, 0.3) is 16.9 Å². The van der Waals surface area contributed by atoms with Crippen molar-refractivity contribution in [3.05, 3.63) is 99.4 Å². The van der Waals surface area contributed by atoms with Crippen molar-refractivity contribution in [2.45, 2.75) is 31.8 Å². The smallest absolute Gasteiger partial charge is 0.307 e. The zero-order valence-electron chi connectivity index (χ0n) is 21.1. The van der Waals surface area contributed by atoms with Gasteiger partial charge < -0.3 is 15.1 Å². The molecule has 2 aromatic carbocycles. The molecule has 0 radical (unpaired) electrons. The number of hydrogen-bond donors (Lipinski definition) is 2. The maximum Gasteiger partial charge on any atom is 0.307 e. The van der Waals surface area contributed by atoms with E-state index in [9.17, 15) is 19.8 Å². The van der Waals surface area contributed by atoms with Crippen molar-refractivity contribution in [3.63, 3.8) is 0 Å². The van der Waals surface area contributed by atoms with Gasteiger partial charge in [-0.15, -0.1) is 0 Å². The lowest BCUT2D eigenvalue weighted by atomic mass is 9.87. The summed E-state index contributed by atoms with van der Waals surface area (Å²) >= 11 is 12.6. The Hall–Kier alpha value is -3.72. The van der Waals surface area contributed by atoms with Crippen LogP contribution in [-0.4, -0.2) is 54.8 Å². The van der Waals surface area contributed by atoms with Crippen LogP contribution in [0.5, 0.6) is 0 Å². The summed E-state index contributed by atoms with van der Waals surface area (Å²) in [5, 5.41) is 26.6. The third-order valence-electron chi connectivity index (χ3n) is 6.98. The van der Waals surface area contributed by atoms with Gasteiger partial charge in [-0.25, -0.2) is 4.68 Å². The number of nitrogens with zero attached hydrogens (tertiary/aromatic N) is 4. The number of benzene rings is 2. The minimum absolute atomic E-state index is 0.0289. The van der Waals surface area contributed by atoms with Gasteiger partial charge >= 0.3 is 5.97 Å². The van der Waals surface area contributed by atoms with Crippen molar-refractivity contribution in [1.29, 1.82) is 0 Å². The molecular weight excluding hydrogens is 539 g/mol. The first-order valence-corrected chi connectivity index (χ1v) is 13.2. The first-order valence-electron chi connectivity index (χ1n) is 12.5. The summed E-state index contributed by atoms with van der Waals surface area (Å²) in [5.41, 5.74) is 2.31. The average molecular weight is 565 g/mol. The molecule has 0 atom stereocenters. The van der Waals surface area contributed by atoms with E-state index in [0.29, 0.717) is 45.5 Å². The van der Waals surface area contributed by atoms with Gasteiger partial charge in [-0.3, -0.25) is 14.6 Å². The van der Waals surface area contributed by atoms with Crippen LogP contribution in [-0.2, 0) is 16.8 Å². The van der Waals surface area contributed by atoms with E-state index in [1.165, 1.54) is 4.68 Å². The number of carbonyl (C=O) groups excluding carboxylic acids is 1. The van der Waals surface area contributed by atoms with Crippen LogP contribution in [0.1, 0.15) is 40.2 Å². The largest absolute Gasteiger partial charge is 0.481 e. The molecule has 0 bridgehead atoms. The quantitative estimate of drug-likeness (QED) is 0.329. The third-order valence-corrected chi connectivity index (χ3v) is 7.55. The molecule has 1 fully saturated rings. The number of rotatable bonds is 6. The van der Waals surface area contributed by atoms with Crippen molar-refractivity contribution in [2.75, 3.05) is 13.1 Å². The number of carboxylic acid groups (broad SMARTS) is 1. The van der Waals surface area contributed by atoms with Gasteiger partial charge in [0, 0.05) is 35.4 Å². The molecule has 1 amide bonds. The van der Waals surface area contributed by atoms with Gasteiger partial charge in [0.15, 0.2) is 5.69 Å². The van der Waals surface area contributed by atoms with Gasteiger partial charge in [0.05, 0.1) is 28.5 Å². The lowest BCUT2D eigenvalue weighted by molar-refractivity contribution is -0.136. The fourth-order valence-corrected chi connectivity index (χ4v) is 5.21. The number of likely N-dealkylation sites (tertiary alicyclic amines) is 1. The van der Waals surface area contributed by atoms with Crippen LogP contribution in [0.2, 0.25) is 10.0 Å². The zero-order valence-corrected chi connectivity index (χ0v) is 22.7. The number of aliphatic carboxylic acids is 1. The molecule has 8 nitrogen and oxygen atoms in total. The number of aromatic nitrogens is 3. The van der Waals surface area contributed by atoms with Gasteiger partial charge in [0.2, 0.25) is 0 Å². The van der Waals surface area contributed by atoms with Crippen LogP contribution < -0.4 is 0 Å². The van der Waals surface area contributed by atoms with E-state index in [-0.39, 0.29) is 24.3 Å². The highest BCUT2D eigenvalue weighted by Gasteiger charge is 2.38. The van der Waals surface area contributed by atoms with E-state index in [2.05, 4.69) is 10.1 Å². The second kappa shape index (κ2) is 10.8. The van der Waals surface area contributed by atoms with Crippen LogP contribution in [0.15, 0.2) is 66.9 Å². The molecule has 10 heteroatoms. The van der Waals surface area contributed by atoms with Crippen LogP contribution >= 0.6 is 23.2 Å². The minimum Gasteiger partial charge on any atom is -0.481 e. The van der Waals surface area contributed by atoms with Gasteiger partial charge in [-0.1, -0.05) is 53.5 Å². The number of amides is 1. The Kier molecular flexibility index (Phi) is 7.44. The molecule has 0 spiro atoms. The molecule has 4 aromatic rings. The highest BCUT2D eigenvalue weighted by Crippen LogP contribution is 2.36. The topological polar surface area (TPSA) is 109 Å². The van der Waals surface area contributed by atoms with E-state index in [1.54, 1.807) is 65.7 Å². The maximum absolute atomic E-state index is 13.9. The molecule has 1 saturated heterocycles. The number of pyridine rings is 1. The first kappa shape index (κ1) is 26.9. The predicted octanol–water partition coefficient (Wildman–Crippen LogP) is 5.30. The van der Waals surface area contributed by atoms with Gasteiger partial charge in [-0.05, 0) is 55.7 Å². The Morgan fingerprint density at radius 2 is 1.69 bits per heavy atom. The summed E-state index contributed by atoms with van der Waals surface area (Å²) in [4.78, 5) is 31.8. The maximum atomic E-state index is 13.9. The predicted molar refractivity (Wildman–Crippen MR) is 148 cm³/mol. The molecule has 1 aliphatic heterocycles. The summed E-state index contributed by atoms with van der Waals surface area (Å²) in [6.07, 6.45) is 1.87. The molecule has 200 valence electrons. The number of carboxylic acids is 1. The van der Waals surface area contributed by atoms with E-state index in [4.69, 9.17) is 23.2 Å². The molecule has 1 aliphatic rings. The first-order chi connectivity index (χ1) is 18.7. The molecule has 5 rings (SSSR count). The number of aryl methyl sites for hydroxylation is 1. The Labute approximate surface area is 235 Å². The zero-order chi connectivity index (χ0) is 27.7. The summed E-state index contributed by atoms with van der Waals surface area (Å²) < 4.78 is 1.52. The van der Waals surface area contributed by atoms with Crippen LogP contribution in [0.4, 0.5) is 0 Å². The minimum atomic E-state index is -1.15. The Bertz CT molecular complexity index is 1530. The van der Waals surface area contributed by atoms with Crippen molar-refractivity contribution >= 4 is 35.1 Å². The van der Waals surface area contributed by atoms with Gasteiger partial charge in [0.25, 0.3) is 5.91 Å². The number of hydrogen-bond acceptors (Lipinski definition) is 5. The molecule has 39 heavy (non-hydrogen) atoms. The van der Waals surface area contributed by atoms with Crippen molar-refractivity contribution in [3.8, 4) is 16.9 Å². The van der Waals surface area contributed by atoms with Crippen molar-refractivity contribution in [1.82, 2.24) is 19.7 Å². The molecule has 2 aromatic heterocycles. The van der Waals surface area contributed by atoms with E-state index in [1.807, 2.05) is 13.0 Å². The van der Waals surface area contributed by atoms with E-state index in [0.717, 1.165) is 5.56 Å². The number of para-hydroxylation sites is 1. The average Bonchev–Trinajstić information content (AvgIpc) is 3.28. The van der Waals surface area contributed by atoms with Gasteiger partial charge in [-0.2, -0.15) is 5.10 Å². The molecule has 3 heterocycles. The SMILES string of the molecule is Cc1ccc(C2(O)CCN(C(=O)c3nn(-c4ccccc4Cl)c(-c4ccc(Cl)cc4)c3CC(=O)O)CC2)nc1. The lowest BCUT2D eigenvalue weighted by Crippen LogP contribution is -2.45. The van der Waals surface area contributed by atoms with Gasteiger partial charge in [0.1, 0.15) is 5.60 Å². The Morgan fingerprint density at radius 3 is 2.31 bits per heavy atom. The molecule has 0 aliphatic carbocycles. The molecule has 0 saturated carbocycles. The van der Waals surface area contributed by atoms with Crippen molar-refractivity contribution in [2.24, 2.45) is 0 Å². The summed E-state index contributed by atoms with van der Waals surface area (Å²) in [5.74, 6) is -1.51. The molecule has 0 unspecified atom stereocenters. The Balaban J connectivity index is 1.55. The monoisotopic (exact) mass is 564 g/mol. The second-order valence-electron chi connectivity index (χ2n) is 9.66. The fraction of sp³-hybridized carbons (Fsp3) is 0.241. The third kappa shape index (κ3) is 5.41. The van der Waals surface area contributed by atoms with Crippen molar-refractivity contribution < 1.29 is 19.8 Å². The summed E-state index contributed by atoms with van der Waals surface area (Å²) in [7, 11) is 0. The highest BCUT2D eigenvalue weighted by atomic mass is 35.5. The number of carbonyl (C=O) groups is 2. The molecule has 2 N–H and O–H groups in total. The standard InChI is InChI=1S/C29H26Cl2N4O4/c1-18-6-11-24(32-17-18)29(39)12-14-34(15-13-29)28(38)26-21(16-25(36)37)27(19-7-9-20(30)10-8-19)35(33-26)23-5-3-2-4-22(23)31/h2-11,17,39H,12-16H2,1H3,(H,36,37). The second-order valence-corrected chi connectivity index (χ2v) is 10.5. The van der Waals surface area contributed by atoms with Crippen LogP contribution in [0, 0.1) is 6.92 Å². The fourth-order valence-electron chi connectivity index (χ4n) is 4.87. The van der Waals surface area contributed by atoms with E-state index >= 15 is 0 Å². The lowest BCUT2D eigenvalue weighted by Gasteiger charge is -2.37.